The molecule has 1 aromatic carbocycles. The van der Waals surface area contributed by atoms with Gasteiger partial charge in [-0.15, -0.1) is 0 Å². The van der Waals surface area contributed by atoms with Gasteiger partial charge >= 0.3 is 0 Å². The molecule has 3 aromatic rings. The van der Waals surface area contributed by atoms with Crippen LogP contribution in [0, 0.1) is 11.6 Å². The molecule has 0 amide bonds. The standard InChI is InChI=1S/C25H26F2N4O2/c26-19-5-6-22(27)18(14-19)2-1-11-28-20-9-12-29(13-10-20)15-21-16-30-23(32)7-3-17-4-8-24(33)31(21)25(17)30/h1-8,14,20-21,28H,9-13,15-16H2. The average Bonchev–Trinajstić information content (AvgIpc) is 3.20. The van der Waals surface area contributed by atoms with E-state index in [-0.39, 0.29) is 22.7 Å². The number of hydrogen-bond donors (Lipinski definition) is 1. The molecule has 8 heteroatoms. The van der Waals surface area contributed by atoms with Gasteiger partial charge in [-0.05, 0) is 56.3 Å². The lowest BCUT2D eigenvalue weighted by molar-refractivity contribution is 0.173. The highest BCUT2D eigenvalue weighted by atomic mass is 19.1. The Balaban J connectivity index is 1.15. The van der Waals surface area contributed by atoms with E-state index in [2.05, 4.69) is 10.2 Å². The highest BCUT2D eigenvalue weighted by Gasteiger charge is 2.29. The second-order valence-corrected chi connectivity index (χ2v) is 8.81. The molecule has 2 aromatic heterocycles. The van der Waals surface area contributed by atoms with Crippen LogP contribution in [0.1, 0.15) is 24.4 Å². The Hall–Kier alpha value is -3.10. The number of nitrogens with zero attached hydrogens (tertiary/aromatic N) is 3. The summed E-state index contributed by atoms with van der Waals surface area (Å²) in [4.78, 5) is 27.2. The van der Waals surface area contributed by atoms with Crippen molar-refractivity contribution < 1.29 is 8.78 Å². The summed E-state index contributed by atoms with van der Waals surface area (Å²) in [6, 6.07) is 10.4. The van der Waals surface area contributed by atoms with Crippen LogP contribution in [-0.4, -0.2) is 46.3 Å². The van der Waals surface area contributed by atoms with E-state index < -0.39 is 11.6 Å². The normalized spacial score (nSPS) is 19.2. The molecular weight excluding hydrogens is 426 g/mol. The minimum absolute atomic E-state index is 0.0510. The molecule has 4 heterocycles. The van der Waals surface area contributed by atoms with Crippen LogP contribution in [0.4, 0.5) is 8.78 Å². The summed E-state index contributed by atoms with van der Waals surface area (Å²) in [7, 11) is 0. The van der Waals surface area contributed by atoms with Crippen LogP contribution in [-0.2, 0) is 6.54 Å². The zero-order chi connectivity index (χ0) is 22.9. The Morgan fingerprint density at radius 2 is 1.76 bits per heavy atom. The molecular formula is C25H26F2N4O2. The molecule has 33 heavy (non-hydrogen) atoms. The maximum Gasteiger partial charge on any atom is 0.252 e. The first-order valence-electron chi connectivity index (χ1n) is 11.3. The lowest BCUT2D eigenvalue weighted by Gasteiger charge is -2.34. The number of pyridine rings is 2. The molecule has 1 fully saturated rings. The van der Waals surface area contributed by atoms with Gasteiger partial charge in [0.15, 0.2) is 0 Å². The summed E-state index contributed by atoms with van der Waals surface area (Å²) >= 11 is 0. The van der Waals surface area contributed by atoms with Crippen molar-refractivity contribution >= 4 is 17.1 Å². The number of aromatic nitrogens is 2. The Kier molecular flexibility index (Phi) is 5.95. The first kappa shape index (κ1) is 21.7. The molecule has 1 saturated heterocycles. The van der Waals surface area contributed by atoms with Gasteiger partial charge in [-0.3, -0.25) is 18.7 Å². The average molecular weight is 453 g/mol. The molecule has 0 spiro atoms. The lowest BCUT2D eigenvalue weighted by atomic mass is 10.0. The molecule has 0 bridgehead atoms. The van der Waals surface area contributed by atoms with Gasteiger partial charge in [0.05, 0.1) is 6.04 Å². The zero-order valence-electron chi connectivity index (χ0n) is 18.2. The first-order valence-corrected chi connectivity index (χ1v) is 11.3. The van der Waals surface area contributed by atoms with E-state index in [1.807, 2.05) is 6.08 Å². The van der Waals surface area contributed by atoms with Gasteiger partial charge in [0, 0.05) is 48.8 Å². The van der Waals surface area contributed by atoms with Crippen molar-refractivity contribution in [3.63, 3.8) is 0 Å². The minimum atomic E-state index is -0.454. The van der Waals surface area contributed by atoms with Crippen molar-refractivity contribution in [2.45, 2.75) is 31.5 Å². The third kappa shape index (κ3) is 4.41. The van der Waals surface area contributed by atoms with E-state index in [1.165, 1.54) is 6.07 Å². The maximum atomic E-state index is 13.7. The largest absolute Gasteiger partial charge is 0.310 e. The first-order chi connectivity index (χ1) is 16.0. The van der Waals surface area contributed by atoms with Crippen molar-refractivity contribution in [2.75, 3.05) is 26.2 Å². The van der Waals surface area contributed by atoms with E-state index in [9.17, 15) is 18.4 Å². The van der Waals surface area contributed by atoms with Gasteiger partial charge < -0.3 is 10.2 Å². The van der Waals surface area contributed by atoms with Gasteiger partial charge in [-0.2, -0.15) is 0 Å². The molecule has 0 aliphatic carbocycles. The van der Waals surface area contributed by atoms with Crippen LogP contribution in [0.5, 0.6) is 0 Å². The topological polar surface area (TPSA) is 59.3 Å². The summed E-state index contributed by atoms with van der Waals surface area (Å²) < 4.78 is 30.4. The highest BCUT2D eigenvalue weighted by molar-refractivity contribution is 5.76. The molecule has 1 atom stereocenters. The number of benzene rings is 1. The van der Waals surface area contributed by atoms with Crippen molar-refractivity contribution in [2.24, 2.45) is 0 Å². The van der Waals surface area contributed by atoms with Crippen LogP contribution < -0.4 is 16.4 Å². The van der Waals surface area contributed by atoms with Crippen molar-refractivity contribution in [3.8, 4) is 0 Å². The summed E-state index contributed by atoms with van der Waals surface area (Å²) in [5.41, 5.74) is 0.826. The molecule has 2 aliphatic rings. The Morgan fingerprint density at radius 3 is 2.55 bits per heavy atom. The zero-order valence-corrected chi connectivity index (χ0v) is 18.2. The molecule has 1 unspecified atom stereocenters. The quantitative estimate of drug-likeness (QED) is 0.625. The van der Waals surface area contributed by atoms with E-state index >= 15 is 0 Å². The van der Waals surface area contributed by atoms with Gasteiger partial charge in [0.2, 0.25) is 0 Å². The summed E-state index contributed by atoms with van der Waals surface area (Å²) in [5.74, 6) is -0.891. The molecule has 172 valence electrons. The van der Waals surface area contributed by atoms with Crippen molar-refractivity contribution in [1.29, 1.82) is 0 Å². The smallest absolute Gasteiger partial charge is 0.252 e. The highest BCUT2D eigenvalue weighted by Crippen LogP contribution is 2.25. The molecule has 2 aliphatic heterocycles. The molecule has 0 saturated carbocycles. The number of hydrogen-bond acceptors (Lipinski definition) is 4. The Morgan fingerprint density at radius 1 is 1.00 bits per heavy atom. The Labute approximate surface area is 189 Å². The number of piperidine rings is 1. The van der Waals surface area contributed by atoms with Gasteiger partial charge in [0.25, 0.3) is 11.1 Å². The predicted molar refractivity (Wildman–Crippen MR) is 124 cm³/mol. The van der Waals surface area contributed by atoms with Gasteiger partial charge in [-0.25, -0.2) is 8.78 Å². The van der Waals surface area contributed by atoms with Crippen LogP contribution in [0.15, 0.2) is 58.1 Å². The fraction of sp³-hybridized carbons (Fsp3) is 0.360. The number of halogens is 2. The molecule has 5 rings (SSSR count). The van der Waals surface area contributed by atoms with Crippen LogP contribution in [0.2, 0.25) is 0 Å². The molecule has 0 radical (unpaired) electrons. The van der Waals surface area contributed by atoms with E-state index in [1.54, 1.807) is 39.5 Å². The molecule has 6 nitrogen and oxygen atoms in total. The maximum absolute atomic E-state index is 13.7. The third-order valence-electron chi connectivity index (χ3n) is 6.65. The van der Waals surface area contributed by atoms with Crippen LogP contribution in [0.25, 0.3) is 17.1 Å². The summed E-state index contributed by atoms with van der Waals surface area (Å²) in [5, 5.41) is 4.36. The minimum Gasteiger partial charge on any atom is -0.310 e. The number of rotatable bonds is 6. The summed E-state index contributed by atoms with van der Waals surface area (Å²) in [6.07, 6.45) is 5.32. The fourth-order valence-electron chi connectivity index (χ4n) is 4.97. The fourth-order valence-corrected chi connectivity index (χ4v) is 4.97. The van der Waals surface area contributed by atoms with Crippen molar-refractivity contribution in [1.82, 2.24) is 19.4 Å². The predicted octanol–water partition coefficient (Wildman–Crippen LogP) is 2.76. The van der Waals surface area contributed by atoms with Gasteiger partial charge in [0.1, 0.15) is 17.3 Å². The van der Waals surface area contributed by atoms with Crippen molar-refractivity contribution in [3.05, 3.63) is 86.4 Å². The number of nitrogens with one attached hydrogen (secondary N) is 1. The second-order valence-electron chi connectivity index (χ2n) is 8.81. The molecule has 1 N–H and O–H groups in total. The summed E-state index contributed by atoms with van der Waals surface area (Å²) in [6.45, 7) is 3.62. The third-order valence-corrected chi connectivity index (χ3v) is 6.65. The lowest BCUT2D eigenvalue weighted by Crippen LogP contribution is -2.44. The van der Waals surface area contributed by atoms with Crippen LogP contribution in [0.3, 0.4) is 0 Å². The van der Waals surface area contributed by atoms with Crippen LogP contribution >= 0.6 is 0 Å². The second kappa shape index (κ2) is 9.03. The number of likely N-dealkylation sites (tertiary alicyclic amines) is 1. The monoisotopic (exact) mass is 452 g/mol. The van der Waals surface area contributed by atoms with E-state index in [4.69, 9.17) is 0 Å². The Bertz CT molecular complexity index is 1320. The van der Waals surface area contributed by atoms with E-state index in [0.29, 0.717) is 19.1 Å². The van der Waals surface area contributed by atoms with Gasteiger partial charge in [-0.1, -0.05) is 12.2 Å². The van der Waals surface area contributed by atoms with E-state index in [0.717, 1.165) is 55.6 Å². The SMILES string of the molecule is O=c1ccc2ccc(=O)n3c2n1CC3CN1CCC(NCC=Cc2cc(F)ccc2F)CC1.